The van der Waals surface area contributed by atoms with Gasteiger partial charge in [0.15, 0.2) is 18.1 Å². The number of nitrogens with zero attached hydrogens (tertiary/aromatic N) is 1. The Morgan fingerprint density at radius 1 is 1.17 bits per heavy atom. The van der Waals surface area contributed by atoms with E-state index in [4.69, 9.17) is 15.2 Å². The molecule has 3 N–H and O–H groups in total. The average molecular weight is 434 g/mol. The molecule has 1 aliphatic heterocycles. The maximum absolute atomic E-state index is 12.1. The lowest BCUT2D eigenvalue weighted by molar-refractivity contribution is -0.118. The van der Waals surface area contributed by atoms with Gasteiger partial charge in [0.2, 0.25) is 0 Å². The molecule has 1 amide bonds. The molecular formula is C23H32ClN3O3. The fourth-order valence-corrected chi connectivity index (χ4v) is 3.59. The van der Waals surface area contributed by atoms with Crippen molar-refractivity contribution in [1.82, 2.24) is 4.90 Å². The number of likely N-dealkylation sites (tertiary alicyclic amines) is 1. The fraction of sp³-hybridized carbons (Fsp3) is 0.435. The van der Waals surface area contributed by atoms with E-state index in [0.29, 0.717) is 24.7 Å². The van der Waals surface area contributed by atoms with Gasteiger partial charge >= 0.3 is 0 Å². The van der Waals surface area contributed by atoms with E-state index in [2.05, 4.69) is 17.1 Å². The van der Waals surface area contributed by atoms with Crippen LogP contribution < -0.4 is 20.5 Å². The molecule has 0 spiro atoms. The first-order valence-electron chi connectivity index (χ1n) is 10.2. The highest BCUT2D eigenvalue weighted by Gasteiger charge is 2.32. The molecule has 2 aromatic carbocycles. The fourth-order valence-electron chi connectivity index (χ4n) is 3.59. The zero-order valence-electron chi connectivity index (χ0n) is 17.7. The van der Waals surface area contributed by atoms with Gasteiger partial charge in [0.05, 0.1) is 6.61 Å². The summed E-state index contributed by atoms with van der Waals surface area (Å²) in [4.78, 5) is 14.6. The van der Waals surface area contributed by atoms with Gasteiger partial charge < -0.3 is 20.5 Å². The number of hydrogen-bond acceptors (Lipinski definition) is 5. The third-order valence-electron chi connectivity index (χ3n) is 5.26. The van der Waals surface area contributed by atoms with Crippen molar-refractivity contribution in [3.8, 4) is 11.5 Å². The molecule has 1 unspecified atom stereocenters. The summed E-state index contributed by atoms with van der Waals surface area (Å²) >= 11 is 0. The van der Waals surface area contributed by atoms with E-state index in [1.54, 1.807) is 0 Å². The molecule has 0 aliphatic carbocycles. The third kappa shape index (κ3) is 6.62. The Morgan fingerprint density at radius 3 is 2.60 bits per heavy atom. The van der Waals surface area contributed by atoms with Crippen molar-refractivity contribution in [3.63, 3.8) is 0 Å². The van der Waals surface area contributed by atoms with Gasteiger partial charge in [-0.25, -0.2) is 0 Å². The second-order valence-electron chi connectivity index (χ2n) is 7.89. The topological polar surface area (TPSA) is 76.8 Å². The van der Waals surface area contributed by atoms with E-state index in [0.717, 1.165) is 37.3 Å². The molecule has 2 aromatic rings. The summed E-state index contributed by atoms with van der Waals surface area (Å²) in [6, 6.07) is 15.3. The van der Waals surface area contributed by atoms with Gasteiger partial charge in [-0.05, 0) is 61.7 Å². The number of nitrogens with one attached hydrogen (secondary N) is 1. The quantitative estimate of drug-likeness (QED) is 0.630. The summed E-state index contributed by atoms with van der Waals surface area (Å²) in [7, 11) is 0. The largest absolute Gasteiger partial charge is 0.490 e. The summed E-state index contributed by atoms with van der Waals surface area (Å²) in [6.45, 7) is 8.26. The minimum Gasteiger partial charge on any atom is -0.490 e. The van der Waals surface area contributed by atoms with E-state index in [9.17, 15) is 4.79 Å². The van der Waals surface area contributed by atoms with Crippen molar-refractivity contribution in [2.45, 2.75) is 26.8 Å². The first-order valence-corrected chi connectivity index (χ1v) is 10.2. The van der Waals surface area contributed by atoms with Crippen molar-refractivity contribution in [2.24, 2.45) is 11.1 Å². The van der Waals surface area contributed by atoms with Crippen LogP contribution in [0.15, 0.2) is 48.5 Å². The number of nitrogens with two attached hydrogens (primary N) is 1. The zero-order valence-corrected chi connectivity index (χ0v) is 18.5. The van der Waals surface area contributed by atoms with E-state index in [-0.39, 0.29) is 30.3 Å². The number of carbonyl (C=O) groups excluding carboxylic acids is 1. The number of ether oxygens (including phenoxy) is 2. The number of rotatable bonds is 9. The smallest absolute Gasteiger partial charge is 0.262 e. The van der Waals surface area contributed by atoms with Gasteiger partial charge in [0.25, 0.3) is 5.91 Å². The monoisotopic (exact) mass is 433 g/mol. The van der Waals surface area contributed by atoms with Crippen molar-refractivity contribution in [1.29, 1.82) is 0 Å². The molecule has 164 valence electrons. The van der Waals surface area contributed by atoms with Crippen molar-refractivity contribution < 1.29 is 14.3 Å². The molecule has 7 heteroatoms. The van der Waals surface area contributed by atoms with E-state index in [1.165, 1.54) is 0 Å². The summed E-state index contributed by atoms with van der Waals surface area (Å²) in [5, 5.41) is 2.81. The summed E-state index contributed by atoms with van der Waals surface area (Å²) in [5.41, 5.74) is 8.03. The average Bonchev–Trinajstić information content (AvgIpc) is 3.10. The Kier molecular flexibility index (Phi) is 8.96. The second kappa shape index (κ2) is 11.2. The maximum Gasteiger partial charge on any atom is 0.262 e. The number of anilines is 1. The SMILES string of the molecule is CCOc1cc(CN2CCC(C)(CN)C2)ccc1OCC(=O)Nc1ccccc1.Cl. The van der Waals surface area contributed by atoms with Crippen LogP contribution in [0.1, 0.15) is 25.8 Å². The van der Waals surface area contributed by atoms with Gasteiger partial charge in [-0.3, -0.25) is 9.69 Å². The highest BCUT2D eigenvalue weighted by Crippen LogP contribution is 2.32. The van der Waals surface area contributed by atoms with Crippen LogP contribution in [0.5, 0.6) is 11.5 Å². The predicted octanol–water partition coefficient (Wildman–Crippen LogP) is 3.70. The maximum atomic E-state index is 12.1. The van der Waals surface area contributed by atoms with E-state index < -0.39 is 0 Å². The minimum absolute atomic E-state index is 0. The van der Waals surface area contributed by atoms with Crippen LogP contribution in [0.3, 0.4) is 0 Å². The predicted molar refractivity (Wildman–Crippen MR) is 122 cm³/mol. The molecule has 1 aliphatic rings. The summed E-state index contributed by atoms with van der Waals surface area (Å²) in [6.07, 6.45) is 1.12. The lowest BCUT2D eigenvalue weighted by atomic mass is 9.90. The molecule has 0 bridgehead atoms. The van der Waals surface area contributed by atoms with Gasteiger partial charge in [-0.1, -0.05) is 31.2 Å². The number of carbonyl (C=O) groups is 1. The normalized spacial score (nSPS) is 18.5. The number of hydrogen-bond donors (Lipinski definition) is 2. The molecule has 3 rings (SSSR count). The number of benzene rings is 2. The highest BCUT2D eigenvalue weighted by molar-refractivity contribution is 5.91. The van der Waals surface area contributed by atoms with Crippen LogP contribution in [0.2, 0.25) is 0 Å². The molecule has 6 nitrogen and oxygen atoms in total. The van der Waals surface area contributed by atoms with Gasteiger partial charge in [-0.15, -0.1) is 12.4 Å². The lowest BCUT2D eigenvalue weighted by Crippen LogP contribution is -2.31. The lowest BCUT2D eigenvalue weighted by Gasteiger charge is -2.23. The number of amides is 1. The van der Waals surface area contributed by atoms with Crippen LogP contribution in [-0.2, 0) is 11.3 Å². The molecule has 0 aromatic heterocycles. The number of para-hydroxylation sites is 1. The Morgan fingerprint density at radius 2 is 1.93 bits per heavy atom. The molecular weight excluding hydrogens is 402 g/mol. The Labute approximate surface area is 185 Å². The zero-order chi connectivity index (χ0) is 20.7. The Bertz CT molecular complexity index is 819. The van der Waals surface area contributed by atoms with Gasteiger partial charge in [-0.2, -0.15) is 0 Å². The molecule has 0 saturated carbocycles. The van der Waals surface area contributed by atoms with Crippen LogP contribution >= 0.6 is 12.4 Å². The first kappa shape index (κ1) is 24.0. The molecule has 1 heterocycles. The molecule has 0 radical (unpaired) electrons. The van der Waals surface area contributed by atoms with Crippen molar-refractivity contribution in [2.75, 3.05) is 38.2 Å². The summed E-state index contributed by atoms with van der Waals surface area (Å²) in [5.74, 6) is 1.03. The molecule has 1 saturated heterocycles. The molecule has 1 fully saturated rings. The number of halogens is 1. The van der Waals surface area contributed by atoms with E-state index in [1.807, 2.05) is 55.5 Å². The van der Waals surface area contributed by atoms with Crippen LogP contribution in [0.25, 0.3) is 0 Å². The highest BCUT2D eigenvalue weighted by atomic mass is 35.5. The first-order chi connectivity index (χ1) is 14.0. The molecule has 30 heavy (non-hydrogen) atoms. The van der Waals surface area contributed by atoms with Gasteiger partial charge in [0.1, 0.15) is 0 Å². The van der Waals surface area contributed by atoms with Crippen LogP contribution in [0.4, 0.5) is 5.69 Å². The third-order valence-corrected chi connectivity index (χ3v) is 5.26. The Hall–Kier alpha value is -2.28. The standard InChI is InChI=1S/C23H31N3O3.ClH/c1-3-28-21-13-18(14-26-12-11-23(2,16-24)17-26)9-10-20(21)29-15-22(27)25-19-7-5-4-6-8-19;/h4-10,13H,3,11-12,14-17,24H2,1-2H3,(H,25,27);1H. The van der Waals surface area contributed by atoms with E-state index >= 15 is 0 Å². The summed E-state index contributed by atoms with van der Waals surface area (Å²) < 4.78 is 11.5. The van der Waals surface area contributed by atoms with Crippen LogP contribution in [-0.4, -0.2) is 43.7 Å². The van der Waals surface area contributed by atoms with Crippen molar-refractivity contribution >= 4 is 24.0 Å². The van der Waals surface area contributed by atoms with Crippen molar-refractivity contribution in [3.05, 3.63) is 54.1 Å². The molecule has 1 atom stereocenters. The van der Waals surface area contributed by atoms with Crippen LogP contribution in [0, 0.1) is 5.41 Å². The van der Waals surface area contributed by atoms with Gasteiger partial charge in [0, 0.05) is 18.8 Å². The second-order valence-corrected chi connectivity index (χ2v) is 7.89. The minimum atomic E-state index is -0.208. The Balaban J connectivity index is 0.00000320.